The van der Waals surface area contributed by atoms with Gasteiger partial charge in [-0.3, -0.25) is 9.79 Å². The van der Waals surface area contributed by atoms with Gasteiger partial charge in [-0.2, -0.15) is 0 Å². The maximum Gasteiger partial charge on any atom is 0.224 e. The van der Waals surface area contributed by atoms with Crippen LogP contribution in [0.4, 0.5) is 0 Å². The number of rotatable bonds is 8. The van der Waals surface area contributed by atoms with Crippen LogP contribution in [0.5, 0.6) is 5.75 Å². The van der Waals surface area contributed by atoms with E-state index in [0.717, 1.165) is 30.7 Å². The van der Waals surface area contributed by atoms with Gasteiger partial charge < -0.3 is 20.3 Å². The van der Waals surface area contributed by atoms with Crippen molar-refractivity contribution in [3.8, 4) is 5.75 Å². The quantitative estimate of drug-likeness (QED) is 0.418. The molecule has 1 heterocycles. The van der Waals surface area contributed by atoms with E-state index in [9.17, 15) is 4.79 Å². The molecule has 1 unspecified atom stereocenters. The summed E-state index contributed by atoms with van der Waals surface area (Å²) in [7, 11) is 1.73. The lowest BCUT2D eigenvalue weighted by molar-refractivity contribution is -0.134. The van der Waals surface area contributed by atoms with E-state index in [2.05, 4.69) is 29.1 Å². The number of hydrogen-bond donors (Lipinski definition) is 2. The molecule has 0 bridgehead atoms. The van der Waals surface area contributed by atoms with Crippen molar-refractivity contribution in [1.29, 1.82) is 0 Å². The molecule has 1 aliphatic heterocycles. The van der Waals surface area contributed by atoms with Gasteiger partial charge in [0.05, 0.1) is 0 Å². The average molecular weight is 373 g/mol. The van der Waals surface area contributed by atoms with Crippen LogP contribution in [0.3, 0.4) is 0 Å². The summed E-state index contributed by atoms with van der Waals surface area (Å²) >= 11 is 0. The molecule has 1 fully saturated rings. The minimum atomic E-state index is 0.216. The van der Waals surface area contributed by atoms with E-state index in [1.807, 2.05) is 29.2 Å². The second kappa shape index (κ2) is 11.3. The summed E-state index contributed by atoms with van der Waals surface area (Å²) in [6.45, 7) is 8.32. The molecule has 1 aromatic carbocycles. The van der Waals surface area contributed by atoms with Crippen molar-refractivity contribution >= 4 is 11.9 Å². The average Bonchev–Trinajstić information content (AvgIpc) is 2.69. The van der Waals surface area contributed by atoms with Crippen LogP contribution < -0.4 is 15.4 Å². The van der Waals surface area contributed by atoms with Crippen molar-refractivity contribution in [2.45, 2.75) is 45.2 Å². The van der Waals surface area contributed by atoms with Crippen LogP contribution in [-0.2, 0) is 11.3 Å². The molecule has 2 rings (SSSR count). The number of hydrogen-bond acceptors (Lipinski definition) is 3. The van der Waals surface area contributed by atoms with Crippen molar-refractivity contribution in [3.63, 3.8) is 0 Å². The number of nitrogens with zero attached hydrogens (tertiary/aromatic N) is 2. The van der Waals surface area contributed by atoms with Crippen LogP contribution in [0.25, 0.3) is 0 Å². The minimum Gasteiger partial charge on any atom is -0.489 e. The van der Waals surface area contributed by atoms with Crippen molar-refractivity contribution in [2.75, 3.05) is 26.7 Å². The molecule has 27 heavy (non-hydrogen) atoms. The normalized spacial score (nSPS) is 17.3. The van der Waals surface area contributed by atoms with E-state index in [-0.39, 0.29) is 5.91 Å². The summed E-state index contributed by atoms with van der Waals surface area (Å²) in [5.41, 5.74) is 1.04. The third kappa shape index (κ3) is 6.62. The third-order valence-corrected chi connectivity index (χ3v) is 4.75. The lowest BCUT2D eigenvalue weighted by Gasteiger charge is -2.33. The second-order valence-corrected chi connectivity index (χ2v) is 6.74. The van der Waals surface area contributed by atoms with Gasteiger partial charge in [-0.15, -0.1) is 0 Å². The monoisotopic (exact) mass is 372 g/mol. The van der Waals surface area contributed by atoms with Gasteiger partial charge in [-0.1, -0.05) is 30.9 Å². The fraction of sp³-hybridized carbons (Fsp3) is 0.524. The Kier molecular flexibility index (Phi) is 8.68. The summed E-state index contributed by atoms with van der Waals surface area (Å²) in [5, 5.41) is 6.49. The number of likely N-dealkylation sites (tertiary alicyclic amines) is 1. The summed E-state index contributed by atoms with van der Waals surface area (Å²) in [4.78, 5) is 18.6. The highest BCUT2D eigenvalue weighted by atomic mass is 16.5. The fourth-order valence-electron chi connectivity index (χ4n) is 3.24. The molecule has 0 radical (unpaired) electrons. The molecule has 1 saturated heterocycles. The third-order valence-electron chi connectivity index (χ3n) is 4.75. The maximum absolute atomic E-state index is 12.4. The largest absolute Gasteiger partial charge is 0.489 e. The van der Waals surface area contributed by atoms with Crippen molar-refractivity contribution in [3.05, 3.63) is 42.5 Å². The molecule has 2 N–H and O–H groups in total. The van der Waals surface area contributed by atoms with Gasteiger partial charge in [0.2, 0.25) is 5.91 Å². The molecule has 6 heteroatoms. The number of carbonyl (C=O) groups excluding carboxylic acids is 1. The molecular formula is C21H32N4O2. The van der Waals surface area contributed by atoms with Crippen LogP contribution in [0.15, 0.2) is 41.9 Å². The Hall–Kier alpha value is -2.50. The molecule has 148 valence electrons. The van der Waals surface area contributed by atoms with E-state index in [1.165, 1.54) is 6.42 Å². The van der Waals surface area contributed by atoms with Crippen LogP contribution >= 0.6 is 0 Å². The molecule has 0 aliphatic carbocycles. The van der Waals surface area contributed by atoms with Gasteiger partial charge in [0.15, 0.2) is 5.96 Å². The minimum absolute atomic E-state index is 0.216. The summed E-state index contributed by atoms with van der Waals surface area (Å²) in [6, 6.07) is 8.24. The number of piperidine rings is 1. The number of carbonyl (C=O) groups is 1. The van der Waals surface area contributed by atoms with Gasteiger partial charge in [0.25, 0.3) is 0 Å². The van der Waals surface area contributed by atoms with E-state index in [4.69, 9.17) is 4.74 Å². The Bertz CT molecular complexity index is 645. The maximum atomic E-state index is 12.4. The first-order chi connectivity index (χ1) is 13.2. The summed E-state index contributed by atoms with van der Waals surface area (Å²) in [6.07, 6.45) is 5.64. The predicted octanol–water partition coefficient (Wildman–Crippen LogP) is 2.71. The van der Waals surface area contributed by atoms with Crippen LogP contribution in [0, 0.1) is 0 Å². The van der Waals surface area contributed by atoms with Crippen molar-refractivity contribution < 1.29 is 9.53 Å². The first-order valence-electron chi connectivity index (χ1n) is 9.71. The summed E-state index contributed by atoms with van der Waals surface area (Å²) < 4.78 is 5.67. The number of benzene rings is 1. The van der Waals surface area contributed by atoms with Crippen molar-refractivity contribution in [1.82, 2.24) is 15.5 Å². The Morgan fingerprint density at radius 2 is 2.19 bits per heavy atom. The van der Waals surface area contributed by atoms with Crippen molar-refractivity contribution in [2.24, 2.45) is 4.99 Å². The Labute approximate surface area is 162 Å². The molecule has 0 spiro atoms. The number of nitrogens with one attached hydrogen (secondary N) is 2. The topological polar surface area (TPSA) is 66.0 Å². The van der Waals surface area contributed by atoms with Gasteiger partial charge in [-0.25, -0.2) is 0 Å². The SMILES string of the molecule is C=CCOc1ccccc1CNC(=NC)NCCC(=O)N1CCCCC1C. The van der Waals surface area contributed by atoms with E-state index >= 15 is 0 Å². The number of para-hydroxylation sites is 1. The molecule has 1 atom stereocenters. The van der Waals surface area contributed by atoms with E-state index in [1.54, 1.807) is 13.1 Å². The lowest BCUT2D eigenvalue weighted by Crippen LogP contribution is -2.44. The number of aliphatic imine (C=N–C) groups is 1. The van der Waals surface area contributed by atoms with Gasteiger partial charge in [0, 0.05) is 44.7 Å². The highest BCUT2D eigenvalue weighted by Crippen LogP contribution is 2.18. The lowest BCUT2D eigenvalue weighted by atomic mass is 10.0. The number of ether oxygens (including phenoxy) is 1. The molecule has 0 aromatic heterocycles. The molecular weight excluding hydrogens is 340 g/mol. The van der Waals surface area contributed by atoms with Crippen LogP contribution in [0.1, 0.15) is 38.2 Å². The Morgan fingerprint density at radius 3 is 2.93 bits per heavy atom. The fourth-order valence-corrected chi connectivity index (χ4v) is 3.24. The standard InChI is InChI=1S/C21H32N4O2/c1-4-15-27-19-11-6-5-10-18(19)16-24-21(22-3)23-13-12-20(26)25-14-8-7-9-17(25)2/h4-6,10-11,17H,1,7-9,12-16H2,2-3H3,(H2,22,23,24). The first kappa shape index (κ1) is 20.8. The molecule has 6 nitrogen and oxygen atoms in total. The van der Waals surface area contributed by atoms with E-state index < -0.39 is 0 Å². The molecule has 1 amide bonds. The van der Waals surface area contributed by atoms with Gasteiger partial charge >= 0.3 is 0 Å². The Morgan fingerprint density at radius 1 is 1.37 bits per heavy atom. The van der Waals surface area contributed by atoms with Gasteiger partial charge in [-0.05, 0) is 32.3 Å². The molecule has 1 aliphatic rings. The van der Waals surface area contributed by atoms with E-state index in [0.29, 0.717) is 38.1 Å². The zero-order valence-electron chi connectivity index (χ0n) is 16.5. The smallest absolute Gasteiger partial charge is 0.224 e. The predicted molar refractivity (Wildman–Crippen MR) is 110 cm³/mol. The van der Waals surface area contributed by atoms with Crippen LogP contribution in [0.2, 0.25) is 0 Å². The zero-order valence-corrected chi connectivity index (χ0v) is 16.5. The Balaban J connectivity index is 1.78. The molecule has 1 aromatic rings. The highest BCUT2D eigenvalue weighted by Gasteiger charge is 2.22. The van der Waals surface area contributed by atoms with Crippen LogP contribution in [-0.4, -0.2) is 49.6 Å². The highest BCUT2D eigenvalue weighted by molar-refractivity contribution is 5.81. The molecule has 0 saturated carbocycles. The first-order valence-corrected chi connectivity index (χ1v) is 9.71. The zero-order chi connectivity index (χ0) is 19.5. The number of guanidine groups is 1. The second-order valence-electron chi connectivity index (χ2n) is 6.74. The van der Waals surface area contributed by atoms with Gasteiger partial charge in [0.1, 0.15) is 12.4 Å². The number of amides is 1. The summed E-state index contributed by atoms with van der Waals surface area (Å²) in [5.74, 6) is 1.72.